The average Bonchev–Trinajstić information content (AvgIpc) is 2.52. The predicted octanol–water partition coefficient (Wildman–Crippen LogP) is 2.03. The quantitative estimate of drug-likeness (QED) is 0.839. The van der Waals surface area contributed by atoms with Crippen molar-refractivity contribution < 1.29 is 17.9 Å². The van der Waals surface area contributed by atoms with Gasteiger partial charge >= 0.3 is 6.09 Å². The molecule has 0 atom stereocenters. The van der Waals surface area contributed by atoms with Gasteiger partial charge < -0.3 is 9.64 Å². The zero-order valence-corrected chi connectivity index (χ0v) is 15.6. The monoisotopic (exact) mass is 355 g/mol. The van der Waals surface area contributed by atoms with Crippen LogP contribution in [0.2, 0.25) is 0 Å². The summed E-state index contributed by atoms with van der Waals surface area (Å²) in [6, 6.07) is -0.322. The lowest BCUT2D eigenvalue weighted by Gasteiger charge is -2.39. The van der Waals surface area contributed by atoms with Crippen LogP contribution in [0.4, 0.5) is 4.79 Å². The molecule has 1 fully saturated rings. The fourth-order valence-corrected chi connectivity index (χ4v) is 3.33. The molecule has 24 heavy (non-hydrogen) atoms. The number of aliphatic imine (C=N–C) groups is 1. The van der Waals surface area contributed by atoms with Crippen LogP contribution in [0.5, 0.6) is 0 Å². The summed E-state index contributed by atoms with van der Waals surface area (Å²) in [6.07, 6.45) is 5.94. The molecule has 7 nitrogen and oxygen atoms in total. The van der Waals surface area contributed by atoms with E-state index in [0.717, 1.165) is 0 Å². The molecular formula is C16H25N3O4S. The van der Waals surface area contributed by atoms with Gasteiger partial charge in [0, 0.05) is 30.9 Å². The smallest absolute Gasteiger partial charge is 0.410 e. The van der Waals surface area contributed by atoms with Crippen molar-refractivity contribution in [3.8, 4) is 0 Å². The van der Waals surface area contributed by atoms with Crippen molar-refractivity contribution in [1.29, 1.82) is 0 Å². The van der Waals surface area contributed by atoms with Crippen molar-refractivity contribution in [3.63, 3.8) is 0 Å². The number of amides is 1. The third kappa shape index (κ3) is 4.91. The minimum Gasteiger partial charge on any atom is -0.444 e. The average molecular weight is 355 g/mol. The fourth-order valence-electron chi connectivity index (χ4n) is 2.16. The van der Waals surface area contributed by atoms with E-state index in [9.17, 15) is 13.2 Å². The molecule has 8 heteroatoms. The van der Waals surface area contributed by atoms with Gasteiger partial charge in [0.1, 0.15) is 5.60 Å². The van der Waals surface area contributed by atoms with Crippen LogP contribution in [0.1, 0.15) is 34.6 Å². The van der Waals surface area contributed by atoms with E-state index in [1.54, 1.807) is 39.1 Å². The summed E-state index contributed by atoms with van der Waals surface area (Å²) in [7, 11) is -3.67. The van der Waals surface area contributed by atoms with Crippen molar-refractivity contribution in [2.75, 3.05) is 13.1 Å². The number of ether oxygens (including phenoxy) is 1. The first kappa shape index (κ1) is 18.7. The number of likely N-dealkylation sites (tertiary alicyclic amines) is 1. The fraction of sp³-hybridized carbons (Fsp3) is 0.625. The molecule has 2 aliphatic rings. The Morgan fingerprint density at radius 1 is 1.38 bits per heavy atom. The molecular weight excluding hydrogens is 330 g/mol. The molecule has 0 saturated carbocycles. The van der Waals surface area contributed by atoms with Gasteiger partial charge in [-0.1, -0.05) is 19.9 Å². The first-order valence-corrected chi connectivity index (χ1v) is 9.30. The van der Waals surface area contributed by atoms with E-state index in [2.05, 4.69) is 9.71 Å². The van der Waals surface area contributed by atoms with E-state index in [0.29, 0.717) is 13.1 Å². The molecule has 0 aromatic carbocycles. The van der Waals surface area contributed by atoms with E-state index >= 15 is 0 Å². The number of carbonyl (C=O) groups is 1. The summed E-state index contributed by atoms with van der Waals surface area (Å²) in [4.78, 5) is 17.5. The Kier molecular flexibility index (Phi) is 4.92. The van der Waals surface area contributed by atoms with Crippen molar-refractivity contribution in [2.45, 2.75) is 46.3 Å². The lowest BCUT2D eigenvalue weighted by molar-refractivity contribution is 0.00740. The Bertz CT molecular complexity index is 693. The molecule has 134 valence electrons. The lowest BCUT2D eigenvalue weighted by Crippen LogP contribution is -2.61. The number of hydrogen-bond acceptors (Lipinski definition) is 5. The minimum absolute atomic E-state index is 0.111. The SMILES string of the molecule is CC1(C)C=CC(S(=O)(=O)NC2CN(C(=O)OC(C)(C)C)C2)=CN=C1. The molecule has 0 spiro atoms. The normalized spacial score (nSPS) is 21.0. The van der Waals surface area contributed by atoms with Gasteiger partial charge in [-0.25, -0.2) is 17.9 Å². The summed E-state index contributed by atoms with van der Waals surface area (Å²) < 4.78 is 32.7. The number of hydrogen-bond donors (Lipinski definition) is 1. The Labute approximate surface area is 143 Å². The van der Waals surface area contributed by atoms with Crippen LogP contribution in [0.25, 0.3) is 0 Å². The number of nitrogens with one attached hydrogen (secondary N) is 1. The van der Waals surface area contributed by atoms with Crippen molar-refractivity contribution in [1.82, 2.24) is 9.62 Å². The summed E-state index contributed by atoms with van der Waals surface area (Å²) in [6.45, 7) is 9.83. The van der Waals surface area contributed by atoms with Gasteiger partial charge in [-0.2, -0.15) is 0 Å². The third-order valence-electron chi connectivity index (χ3n) is 3.45. The maximum absolute atomic E-state index is 12.4. The molecule has 1 N–H and O–H groups in total. The largest absolute Gasteiger partial charge is 0.444 e. The second kappa shape index (κ2) is 6.33. The first-order chi connectivity index (χ1) is 10.9. The van der Waals surface area contributed by atoms with Crippen LogP contribution in [0.15, 0.2) is 28.2 Å². The summed E-state index contributed by atoms with van der Waals surface area (Å²) in [5.41, 5.74) is -0.861. The number of rotatable bonds is 3. The van der Waals surface area contributed by atoms with Crippen LogP contribution in [-0.4, -0.2) is 50.4 Å². The van der Waals surface area contributed by atoms with Gasteiger partial charge in [0.05, 0.1) is 10.9 Å². The maximum atomic E-state index is 12.4. The van der Waals surface area contributed by atoms with Gasteiger partial charge in [-0.05, 0) is 26.8 Å². The van der Waals surface area contributed by atoms with Gasteiger partial charge in [-0.15, -0.1) is 0 Å². The number of carbonyl (C=O) groups excluding carboxylic acids is 1. The Balaban J connectivity index is 1.93. The van der Waals surface area contributed by atoms with E-state index in [1.807, 2.05) is 13.8 Å². The molecule has 0 aromatic rings. The molecule has 0 aliphatic carbocycles. The summed E-state index contributed by atoms with van der Waals surface area (Å²) in [5.74, 6) is 0. The maximum Gasteiger partial charge on any atom is 0.410 e. The van der Waals surface area contributed by atoms with E-state index in [4.69, 9.17) is 4.74 Å². The number of allylic oxidation sites excluding steroid dienone is 2. The number of nitrogens with zero attached hydrogens (tertiary/aromatic N) is 2. The molecule has 0 unspecified atom stereocenters. The molecule has 1 saturated heterocycles. The van der Waals surface area contributed by atoms with Gasteiger partial charge in [0.15, 0.2) is 0 Å². The standard InChI is InChI=1S/C16H25N3O4S/c1-15(2,3)23-14(20)19-9-12(10-19)18-24(21,22)13-6-7-16(4,5)11-17-8-13/h6-8,11-12,18H,9-10H2,1-5H3. The van der Waals surface area contributed by atoms with Gasteiger partial charge in [0.2, 0.25) is 10.0 Å². The highest BCUT2D eigenvalue weighted by molar-refractivity contribution is 7.93. The summed E-state index contributed by atoms with van der Waals surface area (Å²) >= 11 is 0. The highest BCUT2D eigenvalue weighted by atomic mass is 32.2. The Morgan fingerprint density at radius 2 is 2.00 bits per heavy atom. The second-order valence-corrected chi connectivity index (χ2v) is 9.38. The van der Waals surface area contributed by atoms with Gasteiger partial charge in [0.25, 0.3) is 0 Å². The second-order valence-electron chi connectivity index (χ2n) is 7.67. The Hall–Kier alpha value is -1.67. The molecule has 0 radical (unpaired) electrons. The topological polar surface area (TPSA) is 88.1 Å². The predicted molar refractivity (Wildman–Crippen MR) is 93.1 cm³/mol. The van der Waals surface area contributed by atoms with Crippen LogP contribution >= 0.6 is 0 Å². The molecule has 2 heterocycles. The van der Waals surface area contributed by atoms with Crippen LogP contribution < -0.4 is 4.72 Å². The third-order valence-corrected chi connectivity index (χ3v) is 4.96. The van der Waals surface area contributed by atoms with Crippen LogP contribution in [0, 0.1) is 5.41 Å². The van der Waals surface area contributed by atoms with Crippen LogP contribution in [-0.2, 0) is 14.8 Å². The lowest BCUT2D eigenvalue weighted by atomic mass is 9.95. The highest BCUT2D eigenvalue weighted by Gasteiger charge is 2.36. The summed E-state index contributed by atoms with van der Waals surface area (Å²) in [5, 5.41) is 0. The molecule has 2 rings (SSSR count). The number of sulfonamides is 1. The molecule has 1 amide bonds. The van der Waals surface area contributed by atoms with Crippen molar-refractivity contribution in [3.05, 3.63) is 23.3 Å². The zero-order valence-electron chi connectivity index (χ0n) is 14.7. The highest BCUT2D eigenvalue weighted by Crippen LogP contribution is 2.22. The van der Waals surface area contributed by atoms with E-state index in [-0.39, 0.29) is 16.4 Å². The first-order valence-electron chi connectivity index (χ1n) is 7.82. The van der Waals surface area contributed by atoms with Gasteiger partial charge in [-0.3, -0.25) is 4.99 Å². The zero-order chi connectivity index (χ0) is 18.2. The molecule has 0 bridgehead atoms. The molecule has 2 aliphatic heterocycles. The Morgan fingerprint density at radius 3 is 2.58 bits per heavy atom. The van der Waals surface area contributed by atoms with Crippen molar-refractivity contribution >= 4 is 22.3 Å². The van der Waals surface area contributed by atoms with E-state index < -0.39 is 21.7 Å². The van der Waals surface area contributed by atoms with Crippen LogP contribution in [0.3, 0.4) is 0 Å². The minimum atomic E-state index is -3.67. The van der Waals surface area contributed by atoms with Crippen molar-refractivity contribution in [2.24, 2.45) is 10.4 Å². The molecule has 0 aromatic heterocycles. The van der Waals surface area contributed by atoms with E-state index in [1.165, 1.54) is 11.1 Å².